The smallest absolute Gasteiger partial charge is 0.227 e. The third-order valence-electron chi connectivity index (χ3n) is 3.30. The van der Waals surface area contributed by atoms with Crippen molar-refractivity contribution in [1.29, 1.82) is 0 Å². The molecule has 0 unspecified atom stereocenters. The van der Waals surface area contributed by atoms with Gasteiger partial charge >= 0.3 is 0 Å². The minimum absolute atomic E-state index is 0.134. The summed E-state index contributed by atoms with van der Waals surface area (Å²) in [7, 11) is 0. The lowest BCUT2D eigenvalue weighted by molar-refractivity contribution is -0.117. The van der Waals surface area contributed by atoms with Gasteiger partial charge in [0.1, 0.15) is 0 Å². The second-order valence-electron chi connectivity index (χ2n) is 5.06. The van der Waals surface area contributed by atoms with E-state index in [1.165, 1.54) is 0 Å². The van der Waals surface area contributed by atoms with Gasteiger partial charge in [0.2, 0.25) is 5.91 Å². The van der Waals surface area contributed by atoms with Crippen LogP contribution in [0.2, 0.25) is 0 Å². The zero-order valence-electron chi connectivity index (χ0n) is 11.2. The molecular weight excluding hydrogens is 250 g/mol. The summed E-state index contributed by atoms with van der Waals surface area (Å²) in [4.78, 5) is 15.8. The van der Waals surface area contributed by atoms with E-state index in [0.717, 1.165) is 29.8 Å². The highest BCUT2D eigenvalue weighted by Gasteiger charge is 2.29. The van der Waals surface area contributed by atoms with Gasteiger partial charge in [-0.15, -0.1) is 0 Å². The van der Waals surface area contributed by atoms with E-state index >= 15 is 0 Å². The first kappa shape index (κ1) is 12.7. The molecule has 1 aliphatic rings. The molecule has 2 N–H and O–H groups in total. The highest BCUT2D eigenvalue weighted by atomic mass is 16.2. The maximum atomic E-state index is 11.7. The number of carbonyl (C=O) groups excluding carboxylic acids is 1. The van der Waals surface area contributed by atoms with Gasteiger partial charge in [-0.25, -0.2) is 0 Å². The summed E-state index contributed by atoms with van der Waals surface area (Å²) < 4.78 is 0. The highest BCUT2D eigenvalue weighted by molar-refractivity contribution is 5.94. The van der Waals surface area contributed by atoms with Crippen LogP contribution < -0.4 is 10.6 Å². The van der Waals surface area contributed by atoms with Crippen molar-refractivity contribution < 1.29 is 4.79 Å². The summed E-state index contributed by atoms with van der Waals surface area (Å²) in [5.41, 5.74) is 2.96. The molecule has 3 rings (SSSR count). The molecule has 1 fully saturated rings. The van der Waals surface area contributed by atoms with Gasteiger partial charge in [-0.1, -0.05) is 12.1 Å². The van der Waals surface area contributed by atoms with Crippen LogP contribution >= 0.6 is 0 Å². The van der Waals surface area contributed by atoms with E-state index in [1.54, 1.807) is 6.20 Å². The molecule has 1 aromatic heterocycles. The van der Waals surface area contributed by atoms with Crippen LogP contribution in [0.3, 0.4) is 0 Å². The Morgan fingerprint density at radius 3 is 2.80 bits per heavy atom. The normalized spacial score (nSPS) is 13.8. The van der Waals surface area contributed by atoms with Crippen LogP contribution in [0.5, 0.6) is 0 Å². The number of hydrogen-bond acceptors (Lipinski definition) is 3. The second-order valence-corrected chi connectivity index (χ2v) is 5.06. The zero-order chi connectivity index (χ0) is 13.8. The molecule has 4 nitrogen and oxygen atoms in total. The van der Waals surface area contributed by atoms with Gasteiger partial charge in [-0.05, 0) is 42.7 Å². The molecule has 1 amide bonds. The predicted octanol–water partition coefficient (Wildman–Crippen LogP) is 3.04. The van der Waals surface area contributed by atoms with Gasteiger partial charge < -0.3 is 10.6 Å². The third kappa shape index (κ3) is 3.35. The number of nitrogens with one attached hydrogen (secondary N) is 2. The van der Waals surface area contributed by atoms with Crippen LogP contribution in [-0.2, 0) is 11.3 Å². The van der Waals surface area contributed by atoms with E-state index < -0.39 is 0 Å². The first-order valence-electron chi connectivity index (χ1n) is 6.85. The summed E-state index contributed by atoms with van der Waals surface area (Å²) in [6, 6.07) is 11.7. The predicted molar refractivity (Wildman–Crippen MR) is 79.4 cm³/mol. The molecule has 0 atom stereocenters. The molecule has 0 aliphatic heterocycles. The summed E-state index contributed by atoms with van der Waals surface area (Å²) >= 11 is 0. The van der Waals surface area contributed by atoms with E-state index in [-0.39, 0.29) is 11.8 Å². The molecule has 2 aromatic rings. The summed E-state index contributed by atoms with van der Waals surface area (Å²) in [6.45, 7) is 0.716. The summed E-state index contributed by atoms with van der Waals surface area (Å²) in [5.74, 6) is 0.358. The zero-order valence-corrected chi connectivity index (χ0v) is 11.2. The number of hydrogen-bond donors (Lipinski definition) is 2. The quantitative estimate of drug-likeness (QED) is 0.875. The molecule has 1 aromatic carbocycles. The fraction of sp³-hybridized carbons (Fsp3) is 0.250. The van der Waals surface area contributed by atoms with Crippen molar-refractivity contribution in [1.82, 2.24) is 4.98 Å². The topological polar surface area (TPSA) is 54.0 Å². The van der Waals surface area contributed by atoms with Crippen molar-refractivity contribution in [2.45, 2.75) is 19.4 Å². The average Bonchev–Trinajstić information content (AvgIpc) is 3.31. The molecule has 0 radical (unpaired) electrons. The van der Waals surface area contributed by atoms with E-state index in [1.807, 2.05) is 42.6 Å². The van der Waals surface area contributed by atoms with E-state index in [9.17, 15) is 4.79 Å². The van der Waals surface area contributed by atoms with Crippen molar-refractivity contribution in [3.63, 3.8) is 0 Å². The average molecular weight is 267 g/mol. The minimum atomic E-state index is 0.134. The van der Waals surface area contributed by atoms with Crippen LogP contribution in [0, 0.1) is 5.92 Å². The lowest BCUT2D eigenvalue weighted by Crippen LogP contribution is -2.13. The minimum Gasteiger partial charge on any atom is -0.381 e. The Balaban J connectivity index is 1.60. The van der Waals surface area contributed by atoms with Gasteiger partial charge in [0.25, 0.3) is 0 Å². The number of anilines is 2. The van der Waals surface area contributed by atoms with Gasteiger partial charge in [-0.3, -0.25) is 9.78 Å². The van der Waals surface area contributed by atoms with Gasteiger partial charge in [0, 0.05) is 36.2 Å². The Bertz CT molecular complexity index is 594. The molecule has 1 aliphatic carbocycles. The van der Waals surface area contributed by atoms with Crippen LogP contribution in [0.25, 0.3) is 0 Å². The second kappa shape index (κ2) is 5.74. The van der Waals surface area contributed by atoms with Crippen molar-refractivity contribution in [2.75, 3.05) is 10.6 Å². The number of nitrogens with zero attached hydrogens (tertiary/aromatic N) is 1. The van der Waals surface area contributed by atoms with Gasteiger partial charge in [-0.2, -0.15) is 0 Å². The number of benzene rings is 1. The monoisotopic (exact) mass is 267 g/mol. The maximum Gasteiger partial charge on any atom is 0.227 e. The molecule has 1 heterocycles. The van der Waals surface area contributed by atoms with E-state index in [4.69, 9.17) is 0 Å². The summed E-state index contributed by atoms with van der Waals surface area (Å²) in [5, 5.41) is 6.28. The van der Waals surface area contributed by atoms with Crippen molar-refractivity contribution in [2.24, 2.45) is 5.92 Å². The van der Waals surface area contributed by atoms with Crippen LogP contribution in [0.15, 0.2) is 48.8 Å². The first-order valence-corrected chi connectivity index (χ1v) is 6.85. The molecule has 0 spiro atoms. The van der Waals surface area contributed by atoms with Crippen LogP contribution in [-0.4, -0.2) is 10.9 Å². The van der Waals surface area contributed by atoms with Crippen molar-refractivity contribution in [3.8, 4) is 0 Å². The SMILES string of the molecule is O=C(Nc1cccc(NCc2cccnc2)c1)C1CC1. The molecular formula is C16H17N3O. The molecule has 1 saturated carbocycles. The lowest BCUT2D eigenvalue weighted by Gasteiger charge is -2.09. The number of pyridine rings is 1. The number of aromatic nitrogens is 1. The van der Waals surface area contributed by atoms with Crippen molar-refractivity contribution >= 4 is 17.3 Å². The standard InChI is InChI=1S/C16H17N3O/c20-16(13-6-7-13)19-15-5-1-4-14(9-15)18-11-12-3-2-8-17-10-12/h1-5,8-10,13,18H,6-7,11H2,(H,19,20). The first-order chi connectivity index (χ1) is 9.81. The van der Waals surface area contributed by atoms with Crippen LogP contribution in [0.1, 0.15) is 18.4 Å². The van der Waals surface area contributed by atoms with Gasteiger partial charge in [0.15, 0.2) is 0 Å². The number of amides is 1. The number of carbonyl (C=O) groups is 1. The third-order valence-corrected chi connectivity index (χ3v) is 3.30. The lowest BCUT2D eigenvalue weighted by atomic mass is 10.2. The highest BCUT2D eigenvalue weighted by Crippen LogP contribution is 2.30. The molecule has 4 heteroatoms. The van der Waals surface area contributed by atoms with Crippen molar-refractivity contribution in [3.05, 3.63) is 54.4 Å². The summed E-state index contributed by atoms with van der Waals surface area (Å²) in [6.07, 6.45) is 5.64. The molecule has 20 heavy (non-hydrogen) atoms. The Kier molecular flexibility index (Phi) is 3.63. The van der Waals surface area contributed by atoms with Gasteiger partial charge in [0.05, 0.1) is 0 Å². The Morgan fingerprint density at radius 1 is 1.20 bits per heavy atom. The fourth-order valence-electron chi connectivity index (χ4n) is 2.00. The fourth-order valence-corrected chi connectivity index (χ4v) is 2.00. The van der Waals surface area contributed by atoms with Crippen LogP contribution in [0.4, 0.5) is 11.4 Å². The Labute approximate surface area is 118 Å². The molecule has 0 bridgehead atoms. The molecule has 0 saturated heterocycles. The van der Waals surface area contributed by atoms with E-state index in [2.05, 4.69) is 15.6 Å². The molecule has 102 valence electrons. The maximum absolute atomic E-state index is 11.7. The number of rotatable bonds is 5. The Morgan fingerprint density at radius 2 is 2.05 bits per heavy atom. The largest absolute Gasteiger partial charge is 0.381 e. The van der Waals surface area contributed by atoms with E-state index in [0.29, 0.717) is 6.54 Å². The Hall–Kier alpha value is -2.36.